The van der Waals surface area contributed by atoms with E-state index in [9.17, 15) is 14.7 Å². The van der Waals surface area contributed by atoms with Gasteiger partial charge in [0.25, 0.3) is 5.76 Å². The summed E-state index contributed by atoms with van der Waals surface area (Å²) >= 11 is 0. The Bertz CT molecular complexity index is 354. The summed E-state index contributed by atoms with van der Waals surface area (Å²) in [4.78, 5) is 21.6. The molecule has 0 spiro atoms. The van der Waals surface area contributed by atoms with Crippen LogP contribution in [-0.2, 0) is 19.1 Å². The molecule has 0 aliphatic heterocycles. The Balaban J connectivity index is 5.27. The second-order valence-corrected chi connectivity index (χ2v) is 2.50. The first kappa shape index (κ1) is 14.5. The molecule has 0 aliphatic rings. The first-order chi connectivity index (χ1) is 7.76. The van der Waals surface area contributed by atoms with Gasteiger partial charge in [0.1, 0.15) is 0 Å². The third-order valence-electron chi connectivity index (χ3n) is 1.32. The van der Waals surface area contributed by atoms with Crippen LogP contribution in [0.15, 0.2) is 37.0 Å². The average Bonchev–Trinajstić information content (AvgIpc) is 2.27. The SMILES string of the molecule is C=CC(=O)OC(O)(OC(=O)C=C)C(O)=C(O)O. The van der Waals surface area contributed by atoms with Gasteiger partial charge in [-0.2, -0.15) is 0 Å². The molecule has 0 saturated heterocycles. The van der Waals surface area contributed by atoms with E-state index < -0.39 is 29.6 Å². The molecule has 0 aromatic carbocycles. The van der Waals surface area contributed by atoms with Crippen LogP contribution < -0.4 is 0 Å². The highest BCUT2D eigenvalue weighted by Gasteiger charge is 2.44. The van der Waals surface area contributed by atoms with Crippen LogP contribution in [0.5, 0.6) is 0 Å². The molecular formula is C9H10O8. The molecule has 0 radical (unpaired) electrons. The van der Waals surface area contributed by atoms with Gasteiger partial charge in [0, 0.05) is 12.2 Å². The van der Waals surface area contributed by atoms with Crippen molar-refractivity contribution < 1.29 is 39.5 Å². The Kier molecular flexibility index (Phi) is 4.75. The summed E-state index contributed by atoms with van der Waals surface area (Å²) < 4.78 is 8.13. The minimum Gasteiger partial charge on any atom is -0.498 e. The van der Waals surface area contributed by atoms with E-state index in [2.05, 4.69) is 22.6 Å². The fourth-order valence-corrected chi connectivity index (χ4v) is 0.615. The van der Waals surface area contributed by atoms with Gasteiger partial charge in [-0.15, -0.1) is 0 Å². The molecule has 8 nitrogen and oxygen atoms in total. The zero-order chi connectivity index (χ0) is 13.6. The molecule has 0 saturated carbocycles. The van der Waals surface area contributed by atoms with E-state index >= 15 is 0 Å². The van der Waals surface area contributed by atoms with Crippen LogP contribution in [0.2, 0.25) is 0 Å². The molecule has 94 valence electrons. The zero-order valence-electron chi connectivity index (χ0n) is 8.49. The number of aliphatic hydroxyl groups excluding tert-OH is 2. The van der Waals surface area contributed by atoms with Crippen LogP contribution in [0.3, 0.4) is 0 Å². The second kappa shape index (κ2) is 5.56. The Hall–Kier alpha value is -2.48. The van der Waals surface area contributed by atoms with Crippen molar-refractivity contribution in [3.63, 3.8) is 0 Å². The Morgan fingerprint density at radius 3 is 1.59 bits per heavy atom. The molecule has 0 unspecified atom stereocenters. The van der Waals surface area contributed by atoms with Crippen molar-refractivity contribution in [1.82, 2.24) is 0 Å². The molecule has 17 heavy (non-hydrogen) atoms. The van der Waals surface area contributed by atoms with Crippen molar-refractivity contribution in [2.24, 2.45) is 0 Å². The monoisotopic (exact) mass is 246 g/mol. The van der Waals surface area contributed by atoms with Gasteiger partial charge in [-0.05, 0) is 0 Å². The van der Waals surface area contributed by atoms with E-state index in [0.29, 0.717) is 12.2 Å². The number of carbonyl (C=O) groups is 2. The molecule has 0 atom stereocenters. The number of ether oxygens (including phenoxy) is 2. The predicted molar refractivity (Wildman–Crippen MR) is 52.4 cm³/mol. The van der Waals surface area contributed by atoms with Crippen molar-refractivity contribution in [1.29, 1.82) is 0 Å². The van der Waals surface area contributed by atoms with Crippen LogP contribution in [0.4, 0.5) is 0 Å². The summed E-state index contributed by atoms with van der Waals surface area (Å²) in [6.45, 7) is 5.96. The second-order valence-electron chi connectivity index (χ2n) is 2.50. The van der Waals surface area contributed by atoms with Crippen LogP contribution in [0, 0.1) is 0 Å². The van der Waals surface area contributed by atoms with Gasteiger partial charge in [0.15, 0.2) is 0 Å². The molecule has 0 amide bonds. The van der Waals surface area contributed by atoms with Crippen molar-refractivity contribution in [3.8, 4) is 0 Å². The van der Waals surface area contributed by atoms with Crippen LogP contribution in [-0.4, -0.2) is 38.3 Å². The molecule has 0 aromatic rings. The highest BCUT2D eigenvalue weighted by molar-refractivity contribution is 5.83. The number of aliphatic hydroxyl groups is 4. The van der Waals surface area contributed by atoms with Gasteiger partial charge in [-0.3, -0.25) is 0 Å². The topological polar surface area (TPSA) is 134 Å². The molecule has 0 rings (SSSR count). The molecular weight excluding hydrogens is 236 g/mol. The van der Waals surface area contributed by atoms with E-state index in [-0.39, 0.29) is 0 Å². The number of rotatable bonds is 5. The average molecular weight is 246 g/mol. The highest BCUT2D eigenvalue weighted by atomic mass is 16.8. The lowest BCUT2D eigenvalue weighted by molar-refractivity contribution is -0.313. The molecule has 0 fully saturated rings. The first-order valence-corrected chi connectivity index (χ1v) is 4.01. The van der Waals surface area contributed by atoms with Crippen LogP contribution >= 0.6 is 0 Å². The quantitative estimate of drug-likeness (QED) is 0.229. The Labute approximate surface area is 95.3 Å². The number of esters is 2. The lowest BCUT2D eigenvalue weighted by Crippen LogP contribution is -2.42. The lowest BCUT2D eigenvalue weighted by Gasteiger charge is -2.24. The summed E-state index contributed by atoms with van der Waals surface area (Å²) in [5.74, 6) is -9.46. The van der Waals surface area contributed by atoms with Crippen molar-refractivity contribution in [2.45, 2.75) is 5.97 Å². The third-order valence-corrected chi connectivity index (χ3v) is 1.32. The maximum absolute atomic E-state index is 10.8. The molecule has 0 aliphatic carbocycles. The van der Waals surface area contributed by atoms with E-state index in [4.69, 9.17) is 15.3 Å². The maximum atomic E-state index is 10.8. The molecule has 0 heterocycles. The van der Waals surface area contributed by atoms with Crippen LogP contribution in [0.25, 0.3) is 0 Å². The Morgan fingerprint density at radius 1 is 1.00 bits per heavy atom. The van der Waals surface area contributed by atoms with Gasteiger partial charge in [-0.1, -0.05) is 13.2 Å². The van der Waals surface area contributed by atoms with Crippen molar-refractivity contribution in [2.75, 3.05) is 0 Å². The first-order valence-electron chi connectivity index (χ1n) is 4.01. The predicted octanol–water partition coefficient (Wildman–Crippen LogP) is -0.0660. The lowest BCUT2D eigenvalue weighted by atomic mass is 10.4. The fraction of sp³-hybridized carbons (Fsp3) is 0.111. The maximum Gasteiger partial charge on any atom is 0.444 e. The van der Waals surface area contributed by atoms with Crippen molar-refractivity contribution >= 4 is 11.9 Å². The molecule has 8 heteroatoms. The van der Waals surface area contributed by atoms with Gasteiger partial charge < -0.3 is 29.9 Å². The minimum atomic E-state index is -3.38. The van der Waals surface area contributed by atoms with E-state index in [0.717, 1.165) is 0 Å². The highest BCUT2D eigenvalue weighted by Crippen LogP contribution is 2.20. The summed E-state index contributed by atoms with van der Waals surface area (Å²) in [6.07, 6.45) is 1.16. The minimum absolute atomic E-state index is 0.578. The molecule has 0 bridgehead atoms. The summed E-state index contributed by atoms with van der Waals surface area (Å²) in [5.41, 5.74) is 0. The summed E-state index contributed by atoms with van der Waals surface area (Å²) in [5, 5.41) is 35.5. The molecule has 0 aromatic heterocycles. The number of hydrogen-bond acceptors (Lipinski definition) is 8. The Morgan fingerprint density at radius 2 is 1.35 bits per heavy atom. The molecule has 4 N–H and O–H groups in total. The normalized spacial score (nSPS) is 9.94. The van der Waals surface area contributed by atoms with Gasteiger partial charge in [-0.25, -0.2) is 9.59 Å². The number of carbonyl (C=O) groups excluding carboxylic acids is 2. The van der Waals surface area contributed by atoms with E-state index in [1.807, 2.05) is 0 Å². The summed E-state index contributed by atoms with van der Waals surface area (Å²) in [7, 11) is 0. The third kappa shape index (κ3) is 3.87. The van der Waals surface area contributed by atoms with Crippen LogP contribution in [0.1, 0.15) is 0 Å². The van der Waals surface area contributed by atoms with Gasteiger partial charge >= 0.3 is 23.9 Å². The fourth-order valence-electron chi connectivity index (χ4n) is 0.615. The zero-order valence-corrected chi connectivity index (χ0v) is 8.49. The largest absolute Gasteiger partial charge is 0.498 e. The van der Waals surface area contributed by atoms with E-state index in [1.165, 1.54) is 0 Å². The van der Waals surface area contributed by atoms with Gasteiger partial charge in [0.2, 0.25) is 0 Å². The van der Waals surface area contributed by atoms with Crippen molar-refractivity contribution in [3.05, 3.63) is 37.0 Å². The number of hydrogen-bond donors (Lipinski definition) is 4. The summed E-state index contributed by atoms with van der Waals surface area (Å²) in [6, 6.07) is 0. The van der Waals surface area contributed by atoms with Gasteiger partial charge in [0.05, 0.1) is 0 Å². The smallest absolute Gasteiger partial charge is 0.444 e. The van der Waals surface area contributed by atoms with E-state index in [1.54, 1.807) is 0 Å². The standard InChI is InChI=1S/C9H10O8/c1-3-5(10)16-9(15,7(12)8(13)14)17-6(11)4-2/h3-4,12-15H,1-2H2.